The summed E-state index contributed by atoms with van der Waals surface area (Å²) in [6.07, 6.45) is 3.22. The highest BCUT2D eigenvalue weighted by Crippen LogP contribution is 2.35. The molecule has 4 aromatic rings. The van der Waals surface area contributed by atoms with Crippen molar-refractivity contribution >= 4 is 34.7 Å². The van der Waals surface area contributed by atoms with Crippen molar-refractivity contribution in [3.8, 4) is 28.5 Å². The van der Waals surface area contributed by atoms with E-state index in [2.05, 4.69) is 47.4 Å². The first kappa shape index (κ1) is 28.6. The molecule has 0 saturated carbocycles. The van der Waals surface area contributed by atoms with E-state index in [4.69, 9.17) is 14.2 Å². The minimum atomic E-state index is 0.278. The number of carbonyl (C=O) groups is 2. The van der Waals surface area contributed by atoms with Crippen molar-refractivity contribution in [3.63, 3.8) is 0 Å². The van der Waals surface area contributed by atoms with Gasteiger partial charge in [-0.05, 0) is 60.9 Å². The number of methoxy groups -OCH3 is 1. The summed E-state index contributed by atoms with van der Waals surface area (Å²) in [5, 5.41) is 4.10. The van der Waals surface area contributed by atoms with Crippen LogP contribution in [0.3, 0.4) is 0 Å². The number of fused-ring (bicyclic) bond motifs is 2. The maximum Gasteiger partial charge on any atom is 0.231 e. The Balaban J connectivity index is 0.000000147. The van der Waals surface area contributed by atoms with Gasteiger partial charge in [0.1, 0.15) is 12.0 Å². The number of aryl methyl sites for hydroxylation is 1. The Hall–Kier alpha value is -4.37. The number of ether oxygens (including phenoxy) is 3. The third-order valence-corrected chi connectivity index (χ3v) is 7.50. The molecule has 0 unspecified atom stereocenters. The molecule has 3 aromatic carbocycles. The molecule has 0 radical (unpaired) electrons. The molecule has 0 bridgehead atoms. The monoisotopic (exact) mass is 559 g/mol. The van der Waals surface area contributed by atoms with E-state index < -0.39 is 0 Å². The highest BCUT2D eigenvalue weighted by atomic mass is 32.1. The zero-order chi connectivity index (χ0) is 28.5. The summed E-state index contributed by atoms with van der Waals surface area (Å²) in [5.74, 6) is 2.11. The van der Waals surface area contributed by atoms with Gasteiger partial charge in [-0.15, -0.1) is 11.3 Å². The zero-order valence-corrected chi connectivity index (χ0v) is 23.9. The van der Waals surface area contributed by atoms with Gasteiger partial charge < -0.3 is 29.2 Å². The predicted molar refractivity (Wildman–Crippen MR) is 160 cm³/mol. The van der Waals surface area contributed by atoms with Crippen LogP contribution in [0.25, 0.3) is 11.3 Å². The molecule has 3 heterocycles. The van der Waals surface area contributed by atoms with Gasteiger partial charge in [0.25, 0.3) is 0 Å². The molecule has 8 nitrogen and oxygen atoms in total. The van der Waals surface area contributed by atoms with Gasteiger partial charge >= 0.3 is 0 Å². The third kappa shape index (κ3) is 6.79. The number of benzene rings is 3. The normalized spacial score (nSPS) is 12.3. The molecule has 2 aliphatic heterocycles. The van der Waals surface area contributed by atoms with Crippen molar-refractivity contribution in [2.24, 2.45) is 0 Å². The molecule has 0 fully saturated rings. The van der Waals surface area contributed by atoms with Crippen LogP contribution in [0.15, 0.2) is 60.7 Å². The topological polar surface area (TPSA) is 90.0 Å². The van der Waals surface area contributed by atoms with Gasteiger partial charge in [0.15, 0.2) is 22.9 Å². The molecule has 208 valence electrons. The molecule has 0 amide bonds. The molecule has 9 heteroatoms. The Morgan fingerprint density at radius 3 is 2.58 bits per heavy atom. The summed E-state index contributed by atoms with van der Waals surface area (Å²) in [6.45, 7) is 3.53. The van der Waals surface area contributed by atoms with E-state index in [9.17, 15) is 9.59 Å². The van der Waals surface area contributed by atoms with Crippen molar-refractivity contribution in [1.29, 1.82) is 0 Å². The smallest absolute Gasteiger partial charge is 0.231 e. The second-order valence-corrected chi connectivity index (χ2v) is 10.3. The maximum atomic E-state index is 10.3. The highest BCUT2D eigenvalue weighted by Gasteiger charge is 2.18. The van der Waals surface area contributed by atoms with E-state index in [1.165, 1.54) is 21.7 Å². The minimum absolute atomic E-state index is 0.278. The number of hydrogen-bond acceptors (Lipinski definition) is 9. The first-order chi connectivity index (χ1) is 19.5. The fourth-order valence-corrected chi connectivity index (χ4v) is 5.20. The number of aromatic nitrogens is 1. The number of thiazole rings is 1. The number of nitrogens with zero attached hydrogens (tertiary/aromatic N) is 2. The Bertz CT molecular complexity index is 1470. The van der Waals surface area contributed by atoms with Gasteiger partial charge in [0.2, 0.25) is 6.79 Å². The second-order valence-electron chi connectivity index (χ2n) is 9.11. The number of anilines is 2. The lowest BCUT2D eigenvalue weighted by Crippen LogP contribution is -2.12. The van der Waals surface area contributed by atoms with Crippen LogP contribution in [0.5, 0.6) is 17.2 Å². The van der Waals surface area contributed by atoms with Gasteiger partial charge in [-0.2, -0.15) is 0 Å². The number of rotatable bonds is 6. The molecule has 1 aromatic heterocycles. The van der Waals surface area contributed by atoms with Crippen LogP contribution in [-0.4, -0.2) is 52.1 Å². The standard InChI is InChI=1S/C14H17N3S.C9H8O3.C8H8O2/c1-9-13(16-14(15-2)18-9)11-4-5-12-10(8-11)6-7-17(12)3;10-4-3-7-1-2-8-9(5-7)12-6-11-8;1-10-8-5-3-2-4-7(8)6-9/h4-5,8H,6-7H2,1-3H3,(H,15,16);1-2,4-5H,3,6H2;2-6H,1H3. The number of likely N-dealkylation sites (N-methyl/N-ethyl adjacent to an activating group) is 1. The summed E-state index contributed by atoms with van der Waals surface area (Å²) in [4.78, 5) is 28.7. The van der Waals surface area contributed by atoms with Crippen molar-refractivity contribution in [1.82, 2.24) is 4.98 Å². The minimum Gasteiger partial charge on any atom is -0.496 e. The van der Waals surface area contributed by atoms with Crippen LogP contribution in [0.4, 0.5) is 10.8 Å². The summed E-state index contributed by atoms with van der Waals surface area (Å²) in [6, 6.07) is 19.3. The van der Waals surface area contributed by atoms with Crippen molar-refractivity contribution in [3.05, 3.63) is 82.2 Å². The van der Waals surface area contributed by atoms with Gasteiger partial charge in [0.05, 0.1) is 18.4 Å². The van der Waals surface area contributed by atoms with Gasteiger partial charge in [-0.25, -0.2) is 4.98 Å². The van der Waals surface area contributed by atoms with Gasteiger partial charge in [-0.3, -0.25) is 4.79 Å². The lowest BCUT2D eigenvalue weighted by molar-refractivity contribution is -0.107. The molecule has 2 aliphatic rings. The Kier molecular flexibility index (Phi) is 9.75. The van der Waals surface area contributed by atoms with Gasteiger partial charge in [0, 0.05) is 43.2 Å². The van der Waals surface area contributed by atoms with Crippen molar-refractivity contribution in [2.45, 2.75) is 19.8 Å². The number of nitrogens with one attached hydrogen (secondary N) is 1. The van der Waals surface area contributed by atoms with Gasteiger partial charge in [-0.1, -0.05) is 24.3 Å². The molecule has 1 N–H and O–H groups in total. The summed E-state index contributed by atoms with van der Waals surface area (Å²) in [7, 11) is 5.61. The molecule has 0 saturated heterocycles. The Morgan fingerprint density at radius 2 is 1.88 bits per heavy atom. The average Bonchev–Trinajstić information content (AvgIpc) is 3.71. The van der Waals surface area contributed by atoms with E-state index in [0.29, 0.717) is 17.7 Å². The number of aldehydes is 2. The fraction of sp³-hybridized carbons (Fsp3) is 0.258. The molecule has 40 heavy (non-hydrogen) atoms. The van der Waals surface area contributed by atoms with E-state index in [-0.39, 0.29) is 6.79 Å². The van der Waals surface area contributed by atoms with Crippen LogP contribution in [0.1, 0.15) is 26.4 Å². The lowest BCUT2D eigenvalue weighted by Gasteiger charge is -2.11. The SMILES string of the molecule is CNc1nc(-c2ccc3c(c2)CCN3C)c(C)s1.COc1ccccc1C=O.O=CCc1ccc2c(c1)OCO2. The number of para-hydroxylation sites is 1. The van der Waals surface area contributed by atoms with Crippen molar-refractivity contribution < 1.29 is 23.8 Å². The molecule has 0 atom stereocenters. The molecular formula is C31H33N3O5S. The van der Waals surface area contributed by atoms with Crippen LogP contribution in [0, 0.1) is 6.92 Å². The lowest BCUT2D eigenvalue weighted by atomic mass is 10.1. The average molecular weight is 560 g/mol. The van der Waals surface area contributed by atoms with Crippen LogP contribution in [-0.2, 0) is 17.6 Å². The predicted octanol–water partition coefficient (Wildman–Crippen LogP) is 5.82. The number of hydrogen-bond donors (Lipinski definition) is 1. The van der Waals surface area contributed by atoms with E-state index >= 15 is 0 Å². The first-order valence-corrected chi connectivity index (χ1v) is 13.7. The zero-order valence-electron chi connectivity index (χ0n) is 23.1. The third-order valence-electron chi connectivity index (χ3n) is 6.51. The molecule has 6 rings (SSSR count). The summed E-state index contributed by atoms with van der Waals surface area (Å²) >= 11 is 1.71. The maximum absolute atomic E-state index is 10.3. The van der Waals surface area contributed by atoms with Crippen LogP contribution in [0.2, 0.25) is 0 Å². The molecule has 0 aliphatic carbocycles. The Labute approximate surface area is 238 Å². The number of carbonyl (C=O) groups excluding carboxylic acids is 2. The quantitative estimate of drug-likeness (QED) is 0.296. The van der Waals surface area contributed by atoms with Crippen LogP contribution < -0.4 is 24.4 Å². The van der Waals surface area contributed by atoms with Crippen molar-refractivity contribution in [2.75, 3.05) is 44.8 Å². The van der Waals surface area contributed by atoms with E-state index in [1.807, 2.05) is 31.3 Å². The molecule has 0 spiro atoms. The first-order valence-electron chi connectivity index (χ1n) is 12.9. The second kappa shape index (κ2) is 13.6. The van der Waals surface area contributed by atoms with E-state index in [1.54, 1.807) is 36.6 Å². The highest BCUT2D eigenvalue weighted by molar-refractivity contribution is 7.15. The fourth-order valence-electron chi connectivity index (χ4n) is 4.41. The molecular weight excluding hydrogens is 526 g/mol. The van der Waals surface area contributed by atoms with E-state index in [0.717, 1.165) is 53.4 Å². The summed E-state index contributed by atoms with van der Waals surface area (Å²) < 4.78 is 15.2. The van der Waals surface area contributed by atoms with Crippen LogP contribution >= 0.6 is 11.3 Å². The largest absolute Gasteiger partial charge is 0.496 e. The summed E-state index contributed by atoms with van der Waals surface area (Å²) in [5.41, 5.74) is 6.69. The Morgan fingerprint density at radius 1 is 1.07 bits per heavy atom.